The molecule has 0 N–H and O–H groups in total. The van der Waals surface area contributed by atoms with Gasteiger partial charge in [0.05, 0.1) is 18.1 Å². The average Bonchev–Trinajstić information content (AvgIpc) is 2.97. The van der Waals surface area contributed by atoms with Crippen LogP contribution in [-0.4, -0.2) is 21.6 Å². The van der Waals surface area contributed by atoms with Crippen molar-refractivity contribution in [3.05, 3.63) is 61.1 Å². The lowest BCUT2D eigenvalue weighted by Gasteiger charge is -2.10. The first-order chi connectivity index (χ1) is 10.4. The van der Waals surface area contributed by atoms with Gasteiger partial charge in [-0.3, -0.25) is 4.57 Å². The highest BCUT2D eigenvalue weighted by Crippen LogP contribution is 2.29. The van der Waals surface area contributed by atoms with Crippen LogP contribution in [0.25, 0.3) is 27.6 Å². The zero-order chi connectivity index (χ0) is 14.2. The summed E-state index contributed by atoms with van der Waals surface area (Å²) in [6, 6.07) is 16.0. The summed E-state index contributed by atoms with van der Waals surface area (Å²) < 4.78 is 7.45. The minimum Gasteiger partial charge on any atom is -0.496 e. The Morgan fingerprint density at radius 2 is 1.81 bits per heavy atom. The van der Waals surface area contributed by atoms with Gasteiger partial charge in [0.25, 0.3) is 0 Å². The molecule has 102 valence electrons. The van der Waals surface area contributed by atoms with Gasteiger partial charge < -0.3 is 4.74 Å². The fourth-order valence-electron chi connectivity index (χ4n) is 2.66. The Balaban J connectivity index is 2.07. The molecule has 0 unspecified atom stereocenters. The number of aromatic nitrogens is 3. The maximum Gasteiger partial charge on any atom is 0.146 e. The molecule has 4 nitrogen and oxygen atoms in total. The lowest BCUT2D eigenvalue weighted by Crippen LogP contribution is -1.97. The molecular weight excluding hydrogens is 262 g/mol. The standard InChI is InChI=1S/C17H13N3O/c1-21-16-8-4-5-13-12(16)9-10-18-17(13)20-11-19-14-6-2-3-7-15(14)20/h2-11H,1H3. The van der Waals surface area contributed by atoms with Crippen LogP contribution in [0.2, 0.25) is 0 Å². The molecule has 0 spiro atoms. The van der Waals surface area contributed by atoms with Crippen LogP contribution in [0.1, 0.15) is 0 Å². The Bertz CT molecular complexity index is 943. The SMILES string of the molecule is COc1cccc2c(-n3cnc4ccccc43)nccc12. The number of imidazole rings is 1. The van der Waals surface area contributed by atoms with Gasteiger partial charge >= 0.3 is 0 Å². The molecule has 0 saturated carbocycles. The smallest absolute Gasteiger partial charge is 0.146 e. The van der Waals surface area contributed by atoms with Crippen LogP contribution in [0.3, 0.4) is 0 Å². The first-order valence-corrected chi connectivity index (χ1v) is 6.72. The van der Waals surface area contributed by atoms with Gasteiger partial charge in [-0.1, -0.05) is 24.3 Å². The van der Waals surface area contributed by atoms with E-state index in [1.54, 1.807) is 13.3 Å². The van der Waals surface area contributed by atoms with Crippen molar-refractivity contribution in [2.75, 3.05) is 7.11 Å². The summed E-state index contributed by atoms with van der Waals surface area (Å²) in [5.74, 6) is 1.71. The molecule has 0 fully saturated rings. The lowest BCUT2D eigenvalue weighted by atomic mass is 10.1. The van der Waals surface area contributed by atoms with Crippen molar-refractivity contribution in [2.45, 2.75) is 0 Å². The second kappa shape index (κ2) is 4.59. The van der Waals surface area contributed by atoms with E-state index in [-0.39, 0.29) is 0 Å². The van der Waals surface area contributed by atoms with E-state index in [9.17, 15) is 0 Å². The van der Waals surface area contributed by atoms with Gasteiger partial charge in [-0.15, -0.1) is 0 Å². The number of rotatable bonds is 2. The van der Waals surface area contributed by atoms with Crippen LogP contribution in [0.15, 0.2) is 61.1 Å². The van der Waals surface area contributed by atoms with Gasteiger partial charge in [-0.05, 0) is 24.3 Å². The molecule has 4 aromatic rings. The highest BCUT2D eigenvalue weighted by Gasteiger charge is 2.10. The molecule has 4 rings (SSSR count). The van der Waals surface area contributed by atoms with Crippen molar-refractivity contribution in [2.24, 2.45) is 0 Å². The Morgan fingerprint density at radius 3 is 2.71 bits per heavy atom. The van der Waals surface area contributed by atoms with Crippen LogP contribution in [-0.2, 0) is 0 Å². The summed E-state index contributed by atoms with van der Waals surface area (Å²) in [6.45, 7) is 0. The van der Waals surface area contributed by atoms with E-state index in [1.165, 1.54) is 0 Å². The number of ether oxygens (including phenoxy) is 1. The number of benzene rings is 2. The van der Waals surface area contributed by atoms with Gasteiger partial charge in [0.2, 0.25) is 0 Å². The lowest BCUT2D eigenvalue weighted by molar-refractivity contribution is 0.420. The van der Waals surface area contributed by atoms with E-state index in [2.05, 4.69) is 16.0 Å². The number of hydrogen-bond donors (Lipinski definition) is 0. The number of pyridine rings is 1. The second-order valence-corrected chi connectivity index (χ2v) is 4.79. The summed E-state index contributed by atoms with van der Waals surface area (Å²) in [6.07, 6.45) is 3.61. The predicted octanol–water partition coefficient (Wildman–Crippen LogP) is 3.58. The van der Waals surface area contributed by atoms with Crippen molar-refractivity contribution in [3.63, 3.8) is 0 Å². The molecule has 0 amide bonds. The van der Waals surface area contributed by atoms with E-state index in [4.69, 9.17) is 4.74 Å². The van der Waals surface area contributed by atoms with Crippen LogP contribution >= 0.6 is 0 Å². The van der Waals surface area contributed by atoms with E-state index in [0.717, 1.165) is 33.4 Å². The van der Waals surface area contributed by atoms with Crippen LogP contribution in [0.5, 0.6) is 5.75 Å². The number of hydrogen-bond acceptors (Lipinski definition) is 3. The minimum atomic E-state index is 0.848. The zero-order valence-corrected chi connectivity index (χ0v) is 11.5. The summed E-state index contributed by atoms with van der Waals surface area (Å²) in [7, 11) is 1.68. The third-order valence-electron chi connectivity index (χ3n) is 3.65. The molecule has 0 bridgehead atoms. The van der Waals surface area contributed by atoms with Gasteiger partial charge in [0, 0.05) is 17.0 Å². The van der Waals surface area contributed by atoms with Crippen molar-refractivity contribution in [1.82, 2.24) is 14.5 Å². The third-order valence-corrected chi connectivity index (χ3v) is 3.65. The molecule has 21 heavy (non-hydrogen) atoms. The van der Waals surface area contributed by atoms with E-state index < -0.39 is 0 Å². The number of fused-ring (bicyclic) bond motifs is 2. The van der Waals surface area contributed by atoms with Crippen LogP contribution in [0.4, 0.5) is 0 Å². The molecule has 0 aliphatic heterocycles. The van der Waals surface area contributed by atoms with Crippen molar-refractivity contribution in [1.29, 1.82) is 0 Å². The Hall–Kier alpha value is -2.88. The first kappa shape index (κ1) is 11.9. The van der Waals surface area contributed by atoms with E-state index >= 15 is 0 Å². The molecule has 0 aliphatic carbocycles. The summed E-state index contributed by atoms with van der Waals surface area (Å²) >= 11 is 0. The molecule has 0 radical (unpaired) electrons. The highest BCUT2D eigenvalue weighted by atomic mass is 16.5. The minimum absolute atomic E-state index is 0.848. The molecule has 2 aromatic heterocycles. The maximum absolute atomic E-state index is 5.43. The quantitative estimate of drug-likeness (QED) is 0.561. The van der Waals surface area contributed by atoms with Crippen molar-refractivity contribution in [3.8, 4) is 11.6 Å². The normalized spacial score (nSPS) is 11.1. The molecular formula is C17H13N3O. The molecule has 4 heteroatoms. The molecule has 2 heterocycles. The van der Waals surface area contributed by atoms with Gasteiger partial charge in [0.15, 0.2) is 0 Å². The fraction of sp³-hybridized carbons (Fsp3) is 0.0588. The predicted molar refractivity (Wildman–Crippen MR) is 82.9 cm³/mol. The monoisotopic (exact) mass is 275 g/mol. The van der Waals surface area contributed by atoms with Crippen LogP contribution in [0, 0.1) is 0 Å². The third kappa shape index (κ3) is 1.76. The number of nitrogens with zero attached hydrogens (tertiary/aromatic N) is 3. The second-order valence-electron chi connectivity index (χ2n) is 4.79. The molecule has 0 saturated heterocycles. The van der Waals surface area contributed by atoms with E-state index in [1.807, 2.05) is 53.4 Å². The van der Waals surface area contributed by atoms with Gasteiger partial charge in [-0.2, -0.15) is 0 Å². The first-order valence-electron chi connectivity index (χ1n) is 6.72. The molecule has 0 atom stereocenters. The van der Waals surface area contributed by atoms with Crippen LogP contribution < -0.4 is 4.74 Å². The largest absolute Gasteiger partial charge is 0.496 e. The number of methoxy groups -OCH3 is 1. The number of para-hydroxylation sites is 2. The topological polar surface area (TPSA) is 39.9 Å². The Labute approximate surface area is 121 Å². The van der Waals surface area contributed by atoms with Gasteiger partial charge in [-0.25, -0.2) is 9.97 Å². The Kier molecular flexibility index (Phi) is 2.60. The zero-order valence-electron chi connectivity index (χ0n) is 11.5. The summed E-state index contributed by atoms with van der Waals surface area (Å²) in [5.41, 5.74) is 2.00. The Morgan fingerprint density at radius 1 is 0.905 bits per heavy atom. The molecule has 0 aliphatic rings. The highest BCUT2D eigenvalue weighted by molar-refractivity contribution is 5.94. The van der Waals surface area contributed by atoms with Crippen molar-refractivity contribution >= 4 is 21.8 Å². The molecule has 2 aromatic carbocycles. The van der Waals surface area contributed by atoms with Gasteiger partial charge in [0.1, 0.15) is 17.9 Å². The average molecular weight is 275 g/mol. The maximum atomic E-state index is 5.43. The summed E-state index contributed by atoms with van der Waals surface area (Å²) in [5, 5.41) is 2.09. The fourth-order valence-corrected chi connectivity index (χ4v) is 2.66. The summed E-state index contributed by atoms with van der Waals surface area (Å²) in [4.78, 5) is 8.98. The van der Waals surface area contributed by atoms with E-state index in [0.29, 0.717) is 0 Å². The van der Waals surface area contributed by atoms with Crippen molar-refractivity contribution < 1.29 is 4.74 Å².